The lowest BCUT2D eigenvalue weighted by Crippen LogP contribution is -2.44. The van der Waals surface area contributed by atoms with Gasteiger partial charge < -0.3 is 10.1 Å². The number of nitrogens with zero attached hydrogens (tertiary/aromatic N) is 5. The molecule has 0 bridgehead atoms. The van der Waals surface area contributed by atoms with Gasteiger partial charge in [0.05, 0.1) is 49.4 Å². The molecule has 2 atom stereocenters. The molecular weight excluding hydrogens is 416 g/mol. The molecule has 1 aromatic carbocycles. The first-order valence-electron chi connectivity index (χ1n) is 11.1. The maximum atomic E-state index is 11.9. The molecule has 4 heterocycles. The quantitative estimate of drug-likeness (QED) is 0.296. The normalized spacial score (nSPS) is 18.5. The van der Waals surface area contributed by atoms with Crippen LogP contribution in [0.25, 0.3) is 27.7 Å². The Bertz CT molecular complexity index is 1380. The van der Waals surface area contributed by atoms with E-state index in [1.165, 1.54) is 7.11 Å². The molecule has 3 aromatic heterocycles. The van der Waals surface area contributed by atoms with Crippen molar-refractivity contribution in [3.8, 4) is 11.1 Å². The fraction of sp³-hybridized carbons (Fsp3) is 0.320. The molecule has 33 heavy (non-hydrogen) atoms. The van der Waals surface area contributed by atoms with Crippen LogP contribution in [0.1, 0.15) is 30.0 Å². The molecule has 0 aliphatic carbocycles. The van der Waals surface area contributed by atoms with Crippen molar-refractivity contribution in [2.24, 2.45) is 0 Å². The Morgan fingerprint density at radius 3 is 2.82 bits per heavy atom. The molecule has 1 saturated heterocycles. The van der Waals surface area contributed by atoms with Crippen molar-refractivity contribution in [2.75, 3.05) is 20.7 Å². The summed E-state index contributed by atoms with van der Waals surface area (Å²) in [6.07, 6.45) is 5.27. The zero-order valence-corrected chi connectivity index (χ0v) is 19.1. The number of carbonyl (C=O) groups excluding carboxylic acids is 1. The minimum Gasteiger partial charge on any atom is -0.468 e. The highest BCUT2D eigenvalue weighted by Gasteiger charge is 2.32. The molecule has 1 fully saturated rings. The maximum absolute atomic E-state index is 11.9. The van der Waals surface area contributed by atoms with Gasteiger partial charge in [-0.15, -0.1) is 0 Å². The highest BCUT2D eigenvalue weighted by atomic mass is 16.5. The van der Waals surface area contributed by atoms with Crippen LogP contribution in [-0.4, -0.2) is 63.6 Å². The number of benzene rings is 1. The van der Waals surface area contributed by atoms with Crippen molar-refractivity contribution >= 4 is 35.1 Å². The van der Waals surface area contributed by atoms with E-state index in [2.05, 4.69) is 41.2 Å². The summed E-state index contributed by atoms with van der Waals surface area (Å²) in [7, 11) is 3.34. The third-order valence-electron chi connectivity index (χ3n) is 6.44. The second kappa shape index (κ2) is 8.37. The predicted octanol–water partition coefficient (Wildman–Crippen LogP) is 3.24. The molecule has 168 valence electrons. The molecule has 0 saturated carbocycles. The molecule has 8 heteroatoms. The van der Waals surface area contributed by atoms with E-state index in [1.807, 2.05) is 46.7 Å². The van der Waals surface area contributed by atoms with E-state index in [0.29, 0.717) is 13.0 Å². The summed E-state index contributed by atoms with van der Waals surface area (Å²) in [6.45, 7) is 6.85. The lowest BCUT2D eigenvalue weighted by Gasteiger charge is -2.28. The second-order valence-electron chi connectivity index (χ2n) is 8.61. The molecule has 1 aliphatic rings. The molecule has 0 spiro atoms. The van der Waals surface area contributed by atoms with Crippen molar-refractivity contribution in [1.82, 2.24) is 24.9 Å². The van der Waals surface area contributed by atoms with E-state index >= 15 is 0 Å². The summed E-state index contributed by atoms with van der Waals surface area (Å²) < 4.78 is 8.58. The zero-order chi connectivity index (χ0) is 23.1. The van der Waals surface area contributed by atoms with E-state index in [0.717, 1.165) is 51.2 Å². The van der Waals surface area contributed by atoms with Gasteiger partial charge in [0, 0.05) is 29.6 Å². The van der Waals surface area contributed by atoms with Gasteiger partial charge in [-0.3, -0.25) is 9.78 Å². The van der Waals surface area contributed by atoms with Crippen LogP contribution in [-0.2, 0) is 9.53 Å². The lowest BCUT2D eigenvalue weighted by molar-refractivity contribution is -0.401. The topological polar surface area (TPSA) is 84.4 Å². The van der Waals surface area contributed by atoms with E-state index in [4.69, 9.17) is 9.72 Å². The van der Waals surface area contributed by atoms with Crippen molar-refractivity contribution in [3.05, 3.63) is 54.0 Å². The van der Waals surface area contributed by atoms with Crippen LogP contribution in [0.3, 0.4) is 0 Å². The SMILES string of the molecule is C=[N+](C)c1c(C)c(C2CCC(C(=O)OC)NC2)nc2c(-c3cnc4ccccc4c3)cnn12. The van der Waals surface area contributed by atoms with Gasteiger partial charge in [0.15, 0.2) is 0 Å². The molecular formula is C25H27N6O2+. The van der Waals surface area contributed by atoms with Crippen LogP contribution in [0.15, 0.2) is 42.7 Å². The first-order chi connectivity index (χ1) is 16.0. The van der Waals surface area contributed by atoms with Gasteiger partial charge in [-0.2, -0.15) is 0 Å². The number of para-hydroxylation sites is 1. The van der Waals surface area contributed by atoms with E-state index in [9.17, 15) is 4.79 Å². The van der Waals surface area contributed by atoms with Crippen LogP contribution < -0.4 is 5.32 Å². The van der Waals surface area contributed by atoms with Crippen LogP contribution in [0.5, 0.6) is 0 Å². The third-order valence-corrected chi connectivity index (χ3v) is 6.44. The Labute approximate surface area is 191 Å². The van der Waals surface area contributed by atoms with Crippen molar-refractivity contribution in [1.29, 1.82) is 0 Å². The first kappa shape index (κ1) is 21.2. The minimum absolute atomic E-state index is 0.173. The Morgan fingerprint density at radius 1 is 1.27 bits per heavy atom. The summed E-state index contributed by atoms with van der Waals surface area (Å²) in [5.41, 5.74) is 5.65. The van der Waals surface area contributed by atoms with Crippen molar-refractivity contribution in [2.45, 2.75) is 31.7 Å². The molecule has 0 amide bonds. The number of rotatable bonds is 4. The summed E-state index contributed by atoms with van der Waals surface area (Å²) in [4.78, 5) is 21.7. The Balaban J connectivity index is 1.61. The molecule has 8 nitrogen and oxygen atoms in total. The molecule has 1 aliphatic heterocycles. The number of hydrogen-bond acceptors (Lipinski definition) is 6. The summed E-state index contributed by atoms with van der Waals surface area (Å²) in [5.74, 6) is 0.853. The maximum Gasteiger partial charge on any atom is 0.322 e. The number of piperidine rings is 1. The van der Waals surface area contributed by atoms with Crippen molar-refractivity contribution in [3.63, 3.8) is 0 Å². The average molecular weight is 444 g/mol. The average Bonchev–Trinajstić information content (AvgIpc) is 3.26. The first-order valence-corrected chi connectivity index (χ1v) is 11.1. The largest absolute Gasteiger partial charge is 0.468 e. The van der Waals surface area contributed by atoms with Crippen LogP contribution in [0.4, 0.5) is 5.82 Å². The van der Waals surface area contributed by atoms with Gasteiger partial charge in [0.25, 0.3) is 5.65 Å². The number of aromatic nitrogens is 4. The highest BCUT2D eigenvalue weighted by Crippen LogP contribution is 2.34. The monoisotopic (exact) mass is 443 g/mol. The van der Waals surface area contributed by atoms with Gasteiger partial charge in [0.2, 0.25) is 0 Å². The smallest absolute Gasteiger partial charge is 0.322 e. The van der Waals surface area contributed by atoms with Gasteiger partial charge in [-0.05, 0) is 31.9 Å². The third kappa shape index (κ3) is 3.66. The number of nitrogens with one attached hydrogen (secondary N) is 1. The summed E-state index contributed by atoms with van der Waals surface area (Å²) in [6, 6.07) is 9.91. The van der Waals surface area contributed by atoms with Gasteiger partial charge in [-0.25, -0.2) is 9.56 Å². The van der Waals surface area contributed by atoms with E-state index in [1.54, 1.807) is 0 Å². The van der Waals surface area contributed by atoms with Gasteiger partial charge in [-0.1, -0.05) is 27.8 Å². The van der Waals surface area contributed by atoms with Gasteiger partial charge >= 0.3 is 11.8 Å². The molecule has 1 N–H and O–H groups in total. The van der Waals surface area contributed by atoms with Gasteiger partial charge in [0.1, 0.15) is 6.04 Å². The zero-order valence-electron chi connectivity index (χ0n) is 19.1. The van der Waals surface area contributed by atoms with E-state index in [-0.39, 0.29) is 17.9 Å². The molecule has 2 unspecified atom stereocenters. The Morgan fingerprint density at radius 2 is 2.09 bits per heavy atom. The molecule has 0 radical (unpaired) electrons. The summed E-state index contributed by atoms with van der Waals surface area (Å²) in [5, 5.41) is 9.05. The van der Waals surface area contributed by atoms with Crippen molar-refractivity contribution < 1.29 is 14.1 Å². The standard InChI is InChI=1S/C25H27N6O2/c1-15-22(17-9-10-21(27-12-17)25(32)33-4)29-23-19(14-28-31(23)24(15)30(2)3)18-11-16-7-5-6-8-20(16)26-13-18/h5-8,11,13-14,17,21,27H,2,9-10,12H2,1,3-4H3/q+1. The highest BCUT2D eigenvalue weighted by molar-refractivity contribution is 5.87. The Kier molecular flexibility index (Phi) is 5.38. The molecule has 4 aromatic rings. The number of fused-ring (bicyclic) bond motifs is 2. The predicted molar refractivity (Wildman–Crippen MR) is 127 cm³/mol. The number of pyridine rings is 1. The lowest BCUT2D eigenvalue weighted by atomic mass is 9.90. The molecule has 5 rings (SSSR count). The number of esters is 1. The minimum atomic E-state index is -0.264. The number of methoxy groups -OCH3 is 1. The second-order valence-corrected chi connectivity index (χ2v) is 8.61. The van der Waals surface area contributed by atoms with Crippen LogP contribution in [0.2, 0.25) is 0 Å². The number of carbonyl (C=O) groups is 1. The van der Waals surface area contributed by atoms with Crippen LogP contribution in [0, 0.1) is 6.92 Å². The van der Waals surface area contributed by atoms with E-state index < -0.39 is 0 Å². The Hall–Kier alpha value is -3.65. The number of ether oxygens (including phenoxy) is 1. The fourth-order valence-electron chi connectivity index (χ4n) is 4.78. The number of hydrogen-bond donors (Lipinski definition) is 1. The summed E-state index contributed by atoms with van der Waals surface area (Å²) >= 11 is 0. The van der Waals surface area contributed by atoms with Crippen LogP contribution >= 0.6 is 0 Å². The fourth-order valence-corrected chi connectivity index (χ4v) is 4.78.